The number of nitrogens with one attached hydrogen (secondary N) is 1. The SMILES string of the molecule is CCCCCCCCOC(=O)O[C@H]1CN[C@@H](C(c2ccc(C(C)C)cc2)c2ccc(C(C)C)cc2)C1. The van der Waals surface area contributed by atoms with Gasteiger partial charge in [-0.05, 0) is 40.5 Å². The first-order valence-corrected chi connectivity index (χ1v) is 14.2. The largest absolute Gasteiger partial charge is 0.508 e. The first-order chi connectivity index (χ1) is 17.4. The molecule has 1 fully saturated rings. The Balaban J connectivity index is 1.61. The first kappa shape index (κ1) is 28.2. The molecule has 2 aromatic rings. The maximum Gasteiger partial charge on any atom is 0.508 e. The summed E-state index contributed by atoms with van der Waals surface area (Å²) in [6.07, 6.45) is 7.08. The van der Waals surface area contributed by atoms with E-state index in [2.05, 4.69) is 88.5 Å². The fourth-order valence-electron chi connectivity index (χ4n) is 5.12. The van der Waals surface area contributed by atoms with Gasteiger partial charge in [-0.2, -0.15) is 0 Å². The molecular formula is C32H47NO3. The molecule has 198 valence electrons. The number of ether oxygens (including phenoxy) is 2. The van der Waals surface area contributed by atoms with Crippen molar-refractivity contribution in [3.8, 4) is 0 Å². The lowest BCUT2D eigenvalue weighted by Gasteiger charge is -2.26. The Morgan fingerprint density at radius 1 is 0.806 bits per heavy atom. The number of benzene rings is 2. The van der Waals surface area contributed by atoms with Crippen molar-refractivity contribution in [1.29, 1.82) is 0 Å². The molecule has 0 bridgehead atoms. The van der Waals surface area contributed by atoms with Crippen molar-refractivity contribution in [2.75, 3.05) is 13.2 Å². The molecule has 0 unspecified atom stereocenters. The fourth-order valence-corrected chi connectivity index (χ4v) is 5.12. The van der Waals surface area contributed by atoms with Crippen molar-refractivity contribution < 1.29 is 14.3 Å². The van der Waals surface area contributed by atoms with Crippen LogP contribution in [0.2, 0.25) is 0 Å². The van der Waals surface area contributed by atoms with Crippen LogP contribution in [0.3, 0.4) is 0 Å². The van der Waals surface area contributed by atoms with Gasteiger partial charge in [0.2, 0.25) is 0 Å². The summed E-state index contributed by atoms with van der Waals surface area (Å²) in [6, 6.07) is 18.2. The van der Waals surface area contributed by atoms with Gasteiger partial charge in [0.1, 0.15) is 6.10 Å². The molecule has 0 spiro atoms. The van der Waals surface area contributed by atoms with E-state index in [1.807, 2.05) is 0 Å². The molecule has 0 radical (unpaired) electrons. The van der Waals surface area contributed by atoms with Gasteiger partial charge < -0.3 is 14.8 Å². The van der Waals surface area contributed by atoms with E-state index in [-0.39, 0.29) is 18.1 Å². The third-order valence-electron chi connectivity index (χ3n) is 7.43. The summed E-state index contributed by atoms with van der Waals surface area (Å²) in [5, 5.41) is 3.65. The number of hydrogen-bond acceptors (Lipinski definition) is 4. The fraction of sp³-hybridized carbons (Fsp3) is 0.594. The van der Waals surface area contributed by atoms with Crippen LogP contribution in [0.4, 0.5) is 4.79 Å². The summed E-state index contributed by atoms with van der Waals surface area (Å²) in [7, 11) is 0. The maximum absolute atomic E-state index is 12.3. The smallest absolute Gasteiger partial charge is 0.434 e. The summed E-state index contributed by atoms with van der Waals surface area (Å²) in [6.45, 7) is 12.2. The van der Waals surface area contributed by atoms with E-state index in [4.69, 9.17) is 9.47 Å². The highest BCUT2D eigenvalue weighted by Gasteiger charge is 2.34. The van der Waals surface area contributed by atoms with Gasteiger partial charge in [0.05, 0.1) is 6.61 Å². The van der Waals surface area contributed by atoms with Gasteiger partial charge >= 0.3 is 6.16 Å². The molecule has 1 aliphatic heterocycles. The van der Waals surface area contributed by atoms with Crippen molar-refractivity contribution >= 4 is 6.16 Å². The molecule has 1 heterocycles. The Morgan fingerprint density at radius 3 is 1.83 bits per heavy atom. The Bertz CT molecular complexity index is 853. The van der Waals surface area contributed by atoms with E-state index in [1.54, 1.807) is 0 Å². The van der Waals surface area contributed by atoms with E-state index in [0.29, 0.717) is 25.0 Å². The van der Waals surface area contributed by atoms with Gasteiger partial charge in [-0.15, -0.1) is 0 Å². The van der Waals surface area contributed by atoms with Crippen LogP contribution in [-0.2, 0) is 9.47 Å². The number of carbonyl (C=O) groups is 1. The van der Waals surface area contributed by atoms with Crippen LogP contribution < -0.4 is 5.32 Å². The summed E-state index contributed by atoms with van der Waals surface area (Å²) >= 11 is 0. The van der Waals surface area contributed by atoms with Crippen LogP contribution in [0.5, 0.6) is 0 Å². The van der Waals surface area contributed by atoms with Gasteiger partial charge in [0, 0.05) is 24.9 Å². The summed E-state index contributed by atoms with van der Waals surface area (Å²) in [5.74, 6) is 1.21. The molecule has 2 atom stereocenters. The number of rotatable bonds is 13. The zero-order valence-electron chi connectivity index (χ0n) is 23.1. The van der Waals surface area contributed by atoms with Crippen molar-refractivity contribution in [2.24, 2.45) is 0 Å². The highest BCUT2D eigenvalue weighted by molar-refractivity contribution is 5.60. The second-order valence-corrected chi connectivity index (χ2v) is 11.0. The third-order valence-corrected chi connectivity index (χ3v) is 7.43. The Kier molecular flexibility index (Phi) is 11.3. The average Bonchev–Trinajstić information content (AvgIpc) is 3.32. The van der Waals surface area contributed by atoms with E-state index in [1.165, 1.54) is 47.9 Å². The first-order valence-electron chi connectivity index (χ1n) is 14.2. The minimum atomic E-state index is -0.532. The molecule has 36 heavy (non-hydrogen) atoms. The molecule has 0 amide bonds. The monoisotopic (exact) mass is 493 g/mol. The van der Waals surface area contributed by atoms with Crippen molar-refractivity contribution in [2.45, 2.75) is 109 Å². The van der Waals surface area contributed by atoms with E-state index >= 15 is 0 Å². The number of hydrogen-bond donors (Lipinski definition) is 1. The summed E-state index contributed by atoms with van der Waals surface area (Å²) in [4.78, 5) is 12.3. The van der Waals surface area contributed by atoms with E-state index in [0.717, 1.165) is 19.3 Å². The van der Waals surface area contributed by atoms with Crippen molar-refractivity contribution in [1.82, 2.24) is 5.32 Å². The van der Waals surface area contributed by atoms with Gasteiger partial charge in [-0.1, -0.05) is 115 Å². The molecule has 2 aromatic carbocycles. The zero-order valence-corrected chi connectivity index (χ0v) is 23.1. The van der Waals surface area contributed by atoms with Gasteiger partial charge in [-0.3, -0.25) is 0 Å². The minimum Gasteiger partial charge on any atom is -0.434 e. The standard InChI is InChI=1S/C32H47NO3/c1-6-7-8-9-10-11-20-35-32(34)36-29-21-30(33-22-29)31(27-16-12-25(13-17-27)23(2)3)28-18-14-26(15-19-28)24(4)5/h12-19,23-24,29-31,33H,6-11,20-22H2,1-5H3/t29-,30-/m1/s1. The predicted octanol–water partition coefficient (Wildman–Crippen LogP) is 8.31. The minimum absolute atomic E-state index is 0.167. The van der Waals surface area contributed by atoms with Crippen LogP contribution in [-0.4, -0.2) is 31.5 Å². The normalized spacial score (nSPS) is 17.8. The molecule has 0 saturated carbocycles. The van der Waals surface area contributed by atoms with Crippen LogP contribution in [0.25, 0.3) is 0 Å². The number of carbonyl (C=O) groups excluding carboxylic acids is 1. The molecule has 1 saturated heterocycles. The van der Waals surface area contributed by atoms with Crippen LogP contribution in [0.15, 0.2) is 48.5 Å². The summed E-state index contributed by atoms with van der Waals surface area (Å²) in [5.41, 5.74) is 5.28. The van der Waals surface area contributed by atoms with Crippen LogP contribution >= 0.6 is 0 Å². The molecule has 1 aliphatic rings. The summed E-state index contributed by atoms with van der Waals surface area (Å²) < 4.78 is 11.0. The second kappa shape index (κ2) is 14.4. The maximum atomic E-state index is 12.3. The molecule has 0 aliphatic carbocycles. The van der Waals surface area contributed by atoms with Crippen LogP contribution in [0.1, 0.15) is 120 Å². The quantitative estimate of drug-likeness (QED) is 0.225. The highest BCUT2D eigenvalue weighted by atomic mass is 16.7. The van der Waals surface area contributed by atoms with Gasteiger partial charge in [0.25, 0.3) is 0 Å². The number of unbranched alkanes of at least 4 members (excludes halogenated alkanes) is 5. The predicted molar refractivity (Wildman–Crippen MR) is 149 cm³/mol. The molecular weight excluding hydrogens is 446 g/mol. The van der Waals surface area contributed by atoms with Crippen LogP contribution in [0, 0.1) is 0 Å². The molecule has 4 heteroatoms. The topological polar surface area (TPSA) is 47.6 Å². The van der Waals surface area contributed by atoms with Crippen molar-refractivity contribution in [3.05, 3.63) is 70.8 Å². The Hall–Kier alpha value is -2.33. The lowest BCUT2D eigenvalue weighted by Crippen LogP contribution is -2.29. The second-order valence-electron chi connectivity index (χ2n) is 11.0. The van der Waals surface area contributed by atoms with Gasteiger partial charge in [0.15, 0.2) is 0 Å². The highest BCUT2D eigenvalue weighted by Crippen LogP contribution is 2.34. The van der Waals surface area contributed by atoms with E-state index in [9.17, 15) is 4.79 Å². The Labute approximate surface area is 219 Å². The van der Waals surface area contributed by atoms with Gasteiger partial charge in [-0.25, -0.2) is 4.79 Å². The lowest BCUT2D eigenvalue weighted by atomic mass is 9.82. The zero-order chi connectivity index (χ0) is 25.9. The molecule has 0 aromatic heterocycles. The lowest BCUT2D eigenvalue weighted by molar-refractivity contribution is 0.0279. The van der Waals surface area contributed by atoms with E-state index < -0.39 is 6.16 Å². The average molecular weight is 494 g/mol. The van der Waals surface area contributed by atoms with Crippen molar-refractivity contribution in [3.63, 3.8) is 0 Å². The molecule has 3 rings (SSSR count). The molecule has 4 nitrogen and oxygen atoms in total. The third kappa shape index (κ3) is 8.37. The Morgan fingerprint density at radius 2 is 1.31 bits per heavy atom. The molecule has 1 N–H and O–H groups in total.